The van der Waals surface area contributed by atoms with Crippen molar-refractivity contribution in [1.29, 1.82) is 0 Å². The highest BCUT2D eigenvalue weighted by atomic mass is 79.9. The Balaban J connectivity index is 2.46. The van der Waals surface area contributed by atoms with Gasteiger partial charge in [-0.3, -0.25) is 4.79 Å². The number of hydrogen-bond acceptors (Lipinski definition) is 8. The maximum atomic E-state index is 13.3. The summed E-state index contributed by atoms with van der Waals surface area (Å²) < 4.78 is 59.5. The molecule has 0 aliphatic carbocycles. The zero-order valence-corrected chi connectivity index (χ0v) is 38.2. The summed E-state index contributed by atoms with van der Waals surface area (Å²) in [5.74, 6) is 0.674. The third-order valence-corrected chi connectivity index (χ3v) is 18.9. The topological polar surface area (TPSA) is 113 Å². The largest absolute Gasteiger partial charge is 0.484 e. The van der Waals surface area contributed by atoms with Gasteiger partial charge in [0.2, 0.25) is 10.0 Å². The van der Waals surface area contributed by atoms with Gasteiger partial charge in [-0.15, -0.1) is 0 Å². The number of ether oxygens (including phenoxy) is 4. The molecular weight excluding hydrogens is 785 g/mol. The van der Waals surface area contributed by atoms with Crippen molar-refractivity contribution in [2.45, 2.75) is 103 Å². The van der Waals surface area contributed by atoms with E-state index >= 15 is 0 Å². The Bertz CT molecular complexity index is 1490. The molecule has 0 spiro atoms. The number of carbonyl (C=O) groups is 1. The minimum Gasteiger partial charge on any atom is -0.484 e. The Kier molecular flexibility index (Phi) is 18.4. The van der Waals surface area contributed by atoms with Gasteiger partial charge in [0.25, 0.3) is 5.91 Å². The van der Waals surface area contributed by atoms with Crippen LogP contribution in [0.3, 0.4) is 0 Å². The van der Waals surface area contributed by atoms with Crippen molar-refractivity contribution in [2.24, 2.45) is 0 Å². The number of amides is 1. The normalized spacial score (nSPS) is 13.2. The molecule has 0 aliphatic rings. The molecule has 1 N–H and O–H groups in total. The van der Waals surface area contributed by atoms with Gasteiger partial charge < -0.3 is 28.7 Å². The number of halogens is 1. The zero-order valence-electron chi connectivity index (χ0n) is 32.8. The van der Waals surface area contributed by atoms with Gasteiger partial charge in [-0.2, -0.15) is 0 Å². The first-order chi connectivity index (χ1) is 23.7. The molecule has 0 saturated heterocycles. The van der Waals surface area contributed by atoms with Crippen LogP contribution in [0.5, 0.6) is 11.5 Å². The third kappa shape index (κ3) is 16.4. The van der Waals surface area contributed by atoms with E-state index in [9.17, 15) is 13.2 Å². The van der Waals surface area contributed by atoms with Crippen LogP contribution in [0.1, 0.15) is 38.0 Å². The number of hydrogen-bond donors (Lipinski definition) is 1. The fourth-order valence-electron chi connectivity index (χ4n) is 5.11. The van der Waals surface area contributed by atoms with Crippen LogP contribution < -0.4 is 19.1 Å². The molecule has 0 aromatic heterocycles. The Morgan fingerprint density at radius 1 is 0.882 bits per heavy atom. The molecule has 2 aromatic rings. The lowest BCUT2D eigenvalue weighted by molar-refractivity contribution is -0.123. The number of nitrogens with zero attached hydrogens (tertiary/aromatic N) is 1. The molecule has 1 amide bonds. The van der Waals surface area contributed by atoms with Gasteiger partial charge in [-0.25, -0.2) is 12.7 Å². The summed E-state index contributed by atoms with van der Waals surface area (Å²) in [5, 5.41) is 3.01. The molecule has 0 fully saturated rings. The van der Waals surface area contributed by atoms with E-state index < -0.39 is 40.6 Å². The van der Waals surface area contributed by atoms with Crippen LogP contribution in [0.25, 0.3) is 0 Å². The first kappa shape index (κ1) is 45.4. The lowest BCUT2D eigenvalue weighted by Gasteiger charge is -2.34. The first-order valence-electron chi connectivity index (χ1n) is 18.0. The molecule has 0 bridgehead atoms. The van der Waals surface area contributed by atoms with E-state index in [4.69, 9.17) is 23.4 Å². The second-order valence-corrected chi connectivity index (χ2v) is 34.2. The summed E-state index contributed by atoms with van der Waals surface area (Å²) in [6, 6.07) is 15.6. The maximum absolute atomic E-state index is 13.3. The average molecular weight is 848 g/mol. The molecule has 1 atom stereocenters. The van der Waals surface area contributed by atoms with Crippen molar-refractivity contribution in [3.8, 4) is 11.5 Å². The second kappa shape index (κ2) is 20.7. The van der Waals surface area contributed by atoms with Crippen LogP contribution in [-0.4, -0.2) is 84.9 Å². The second-order valence-electron chi connectivity index (χ2n) is 15.5. The summed E-state index contributed by atoms with van der Waals surface area (Å²) in [5.41, 5.74) is 2.07. The van der Waals surface area contributed by atoms with E-state index in [2.05, 4.69) is 81.3 Å². The summed E-state index contributed by atoms with van der Waals surface area (Å²) in [6.45, 7) is 22.9. The molecule has 2 rings (SSSR count). The van der Waals surface area contributed by atoms with E-state index in [1.165, 1.54) is 10.6 Å². The lowest BCUT2D eigenvalue weighted by atomic mass is 10.1. The van der Waals surface area contributed by atoms with Crippen LogP contribution in [0.4, 0.5) is 5.69 Å². The molecule has 290 valence electrons. The number of benzene rings is 2. The highest BCUT2D eigenvalue weighted by Crippen LogP contribution is 2.36. The molecule has 0 heterocycles. The number of nitrogens with one attached hydrogen (secondary N) is 1. The summed E-state index contributed by atoms with van der Waals surface area (Å²) >= 11 is 3.49. The van der Waals surface area contributed by atoms with Crippen molar-refractivity contribution in [2.75, 3.05) is 50.5 Å². The number of aryl methyl sites for hydroxylation is 1. The van der Waals surface area contributed by atoms with Crippen LogP contribution in [0, 0.1) is 6.92 Å². The fraction of sp³-hybridized carbons (Fsp3) is 0.639. The van der Waals surface area contributed by atoms with E-state index in [0.717, 1.165) is 45.8 Å². The van der Waals surface area contributed by atoms with Crippen LogP contribution in [0.15, 0.2) is 40.9 Å². The van der Waals surface area contributed by atoms with E-state index in [1.54, 1.807) is 12.1 Å². The van der Waals surface area contributed by atoms with E-state index in [1.807, 2.05) is 31.2 Å². The Morgan fingerprint density at radius 3 is 2.04 bits per heavy atom. The summed E-state index contributed by atoms with van der Waals surface area (Å²) in [6.07, 6.45) is 0.630. The van der Waals surface area contributed by atoms with Gasteiger partial charge in [0.05, 0.1) is 18.0 Å². The predicted molar refractivity (Wildman–Crippen MR) is 221 cm³/mol. The Labute approximate surface area is 319 Å². The number of anilines is 1. The molecule has 0 aliphatic heterocycles. The number of sulfonamides is 1. The summed E-state index contributed by atoms with van der Waals surface area (Å²) in [7, 11) is -8.67. The lowest BCUT2D eigenvalue weighted by Crippen LogP contribution is -2.41. The van der Waals surface area contributed by atoms with Crippen molar-refractivity contribution < 1.29 is 36.6 Å². The standard InChI is InChI=1S/C36H63BrN2O8SSi3/c1-12-51(13-2,14-3)47-35(25-38-36(40)26-45-31-16-17-32(37)29(4)23-31)30-15-18-34(46-28-44-20-22-50(9,10)11)33(24-30)39(48(5,41)42)27-43-19-21-49(6,7)8/h15-18,23-24,35H,12-14,19-22,25-28H2,1-11H3,(H,38,40)/t35-/m1/s1. The molecule has 15 heteroatoms. The van der Waals surface area contributed by atoms with Gasteiger partial charge in [0.1, 0.15) is 18.2 Å². The van der Waals surface area contributed by atoms with Crippen molar-refractivity contribution in [1.82, 2.24) is 5.32 Å². The minimum atomic E-state index is -3.78. The minimum absolute atomic E-state index is 0.0175. The van der Waals surface area contributed by atoms with Crippen LogP contribution in [0.2, 0.25) is 69.5 Å². The molecule has 0 radical (unpaired) electrons. The quantitative estimate of drug-likeness (QED) is 0.0635. The monoisotopic (exact) mass is 846 g/mol. The van der Waals surface area contributed by atoms with Crippen LogP contribution in [-0.2, 0) is 28.7 Å². The van der Waals surface area contributed by atoms with Gasteiger partial charge in [0, 0.05) is 40.4 Å². The average Bonchev–Trinajstić information content (AvgIpc) is 3.04. The van der Waals surface area contributed by atoms with Crippen molar-refractivity contribution in [3.05, 3.63) is 52.0 Å². The third-order valence-electron chi connectivity index (χ3n) is 8.83. The molecular formula is C36H63BrN2O8SSi3. The molecule has 2 aromatic carbocycles. The number of carbonyl (C=O) groups excluding carboxylic acids is 1. The molecule has 51 heavy (non-hydrogen) atoms. The Hall–Kier alpha value is -1.73. The molecule has 0 saturated carbocycles. The Morgan fingerprint density at radius 2 is 1.49 bits per heavy atom. The van der Waals surface area contributed by atoms with E-state index in [0.29, 0.717) is 30.4 Å². The molecule has 0 unspecified atom stereocenters. The zero-order chi connectivity index (χ0) is 38.5. The van der Waals surface area contributed by atoms with Gasteiger partial charge in [0.15, 0.2) is 21.7 Å². The van der Waals surface area contributed by atoms with E-state index in [-0.39, 0.29) is 32.6 Å². The van der Waals surface area contributed by atoms with Crippen LogP contribution >= 0.6 is 15.9 Å². The summed E-state index contributed by atoms with van der Waals surface area (Å²) in [4.78, 5) is 13.1. The maximum Gasteiger partial charge on any atom is 0.258 e. The SMILES string of the molecule is CC[Si](CC)(CC)O[C@H](CNC(=O)COc1ccc(Br)c(C)c1)c1ccc(OCOCC[Si](C)(C)C)c(N(COCC[Si](C)(C)C)S(C)(=O)=O)c1. The fourth-order valence-corrected chi connectivity index (χ4v) is 10.5. The highest BCUT2D eigenvalue weighted by molar-refractivity contribution is 9.10. The van der Waals surface area contributed by atoms with Gasteiger partial charge in [-0.1, -0.05) is 82.0 Å². The highest BCUT2D eigenvalue weighted by Gasteiger charge is 2.34. The number of rotatable bonds is 24. The first-order valence-corrected chi connectivity index (χ1v) is 30.5. The van der Waals surface area contributed by atoms with Crippen molar-refractivity contribution in [3.63, 3.8) is 0 Å². The molecule has 10 nitrogen and oxygen atoms in total. The predicted octanol–water partition coefficient (Wildman–Crippen LogP) is 8.79. The van der Waals surface area contributed by atoms with Gasteiger partial charge in [-0.05, 0) is 78.6 Å². The smallest absolute Gasteiger partial charge is 0.258 e. The van der Waals surface area contributed by atoms with Crippen molar-refractivity contribution >= 4 is 62.0 Å². The van der Waals surface area contributed by atoms with Gasteiger partial charge >= 0.3 is 0 Å².